The van der Waals surface area contributed by atoms with Crippen molar-refractivity contribution < 1.29 is 0 Å². The van der Waals surface area contributed by atoms with Crippen LogP contribution in [0.25, 0.3) is 21.9 Å². The van der Waals surface area contributed by atoms with Crippen LogP contribution in [0, 0.1) is 0 Å². The van der Waals surface area contributed by atoms with E-state index in [2.05, 4.69) is 132 Å². The number of benzene rings is 5. The summed E-state index contributed by atoms with van der Waals surface area (Å²) in [5.74, 6) is 0. The lowest BCUT2D eigenvalue weighted by Gasteiger charge is -2.26. The molecule has 0 saturated heterocycles. The first-order chi connectivity index (χ1) is 16.4. The molecule has 33 heavy (non-hydrogen) atoms. The van der Waals surface area contributed by atoms with Crippen molar-refractivity contribution in [1.82, 2.24) is 0 Å². The molecular formula is C31H24N2. The summed E-state index contributed by atoms with van der Waals surface area (Å²) in [5, 5.41) is 9.88. The molecule has 0 saturated carbocycles. The van der Waals surface area contributed by atoms with E-state index >= 15 is 0 Å². The summed E-state index contributed by atoms with van der Waals surface area (Å²) in [6.45, 7) is 0. The highest BCUT2D eigenvalue weighted by Gasteiger charge is 2.31. The van der Waals surface area contributed by atoms with Crippen molar-refractivity contribution in [3.05, 3.63) is 139 Å². The van der Waals surface area contributed by atoms with E-state index in [-0.39, 0.29) is 6.04 Å². The number of rotatable bonds is 4. The molecule has 158 valence electrons. The Hall–Kier alpha value is -4.17. The lowest BCUT2D eigenvalue weighted by Crippen LogP contribution is -2.19. The van der Waals surface area contributed by atoms with Gasteiger partial charge in [-0.15, -0.1) is 0 Å². The van der Waals surface area contributed by atoms with Crippen LogP contribution in [-0.4, -0.2) is 5.71 Å². The Kier molecular flexibility index (Phi) is 4.97. The minimum absolute atomic E-state index is 0.130. The Labute approximate surface area is 194 Å². The normalized spacial score (nSPS) is 15.6. The van der Waals surface area contributed by atoms with Crippen LogP contribution in [0.1, 0.15) is 23.6 Å². The Balaban J connectivity index is 1.46. The average molecular weight is 425 g/mol. The molecule has 1 atom stereocenters. The van der Waals surface area contributed by atoms with Gasteiger partial charge in [-0.3, -0.25) is 5.01 Å². The van der Waals surface area contributed by atoms with Gasteiger partial charge in [0.05, 0.1) is 17.4 Å². The summed E-state index contributed by atoms with van der Waals surface area (Å²) in [6, 6.07) is 45.2. The number of anilines is 1. The smallest absolute Gasteiger partial charge is 0.0837 e. The fourth-order valence-electron chi connectivity index (χ4n) is 4.78. The third-order valence-corrected chi connectivity index (χ3v) is 6.42. The minimum atomic E-state index is 0.130. The Morgan fingerprint density at radius 1 is 0.576 bits per heavy atom. The van der Waals surface area contributed by atoms with E-state index in [4.69, 9.17) is 5.10 Å². The second-order valence-electron chi connectivity index (χ2n) is 8.46. The maximum absolute atomic E-state index is 5.18. The van der Waals surface area contributed by atoms with E-state index < -0.39 is 0 Å². The number of hydrogen-bond donors (Lipinski definition) is 0. The highest BCUT2D eigenvalue weighted by molar-refractivity contribution is 6.05. The minimum Gasteiger partial charge on any atom is -0.257 e. The van der Waals surface area contributed by atoms with Gasteiger partial charge in [-0.1, -0.05) is 109 Å². The van der Waals surface area contributed by atoms with Gasteiger partial charge in [0, 0.05) is 6.42 Å². The maximum atomic E-state index is 5.18. The lowest BCUT2D eigenvalue weighted by molar-refractivity contribution is 0.710. The van der Waals surface area contributed by atoms with Gasteiger partial charge in [0.15, 0.2) is 0 Å². The number of hydrogen-bond acceptors (Lipinski definition) is 2. The van der Waals surface area contributed by atoms with E-state index in [1.165, 1.54) is 33.0 Å². The molecule has 0 aromatic heterocycles. The van der Waals surface area contributed by atoms with Crippen molar-refractivity contribution in [3.63, 3.8) is 0 Å². The lowest BCUT2D eigenvalue weighted by atomic mass is 9.91. The van der Waals surface area contributed by atoms with Crippen molar-refractivity contribution in [2.75, 3.05) is 5.01 Å². The van der Waals surface area contributed by atoms with Crippen LogP contribution in [0.4, 0.5) is 5.69 Å². The average Bonchev–Trinajstić information content (AvgIpc) is 3.35. The Morgan fingerprint density at radius 2 is 1.24 bits per heavy atom. The van der Waals surface area contributed by atoms with Crippen LogP contribution in [0.5, 0.6) is 0 Å². The Bertz CT molecular complexity index is 1440. The number of nitrogens with zero attached hydrogens (tertiary/aromatic N) is 2. The predicted octanol–water partition coefficient (Wildman–Crippen LogP) is 7.86. The van der Waals surface area contributed by atoms with Crippen molar-refractivity contribution in [1.29, 1.82) is 0 Å². The second-order valence-corrected chi connectivity index (χ2v) is 8.46. The Morgan fingerprint density at radius 3 is 2.06 bits per heavy atom. The highest BCUT2D eigenvalue weighted by Crippen LogP contribution is 2.40. The zero-order chi connectivity index (χ0) is 22.0. The van der Waals surface area contributed by atoms with Crippen molar-refractivity contribution in [3.8, 4) is 11.1 Å². The van der Waals surface area contributed by atoms with Crippen LogP contribution in [0.3, 0.4) is 0 Å². The fraction of sp³-hybridized carbons (Fsp3) is 0.0645. The SMILES string of the molecule is c1ccc(-c2ccccc2C2CC(c3ccc4ccccc4c3)=NN2c2ccccc2)cc1. The molecule has 1 unspecified atom stereocenters. The van der Waals surface area contributed by atoms with Gasteiger partial charge in [0.25, 0.3) is 0 Å². The molecule has 0 radical (unpaired) electrons. The summed E-state index contributed by atoms with van der Waals surface area (Å²) in [7, 11) is 0. The van der Waals surface area contributed by atoms with Gasteiger partial charge in [0.1, 0.15) is 0 Å². The van der Waals surface area contributed by atoms with Crippen molar-refractivity contribution in [2.45, 2.75) is 12.5 Å². The van der Waals surface area contributed by atoms with Gasteiger partial charge in [0.2, 0.25) is 0 Å². The van der Waals surface area contributed by atoms with Crippen LogP contribution in [-0.2, 0) is 0 Å². The number of fused-ring (bicyclic) bond motifs is 1. The summed E-state index contributed by atoms with van der Waals surface area (Å²) in [5.41, 5.74) is 7.22. The van der Waals surface area contributed by atoms with E-state index in [0.29, 0.717) is 0 Å². The topological polar surface area (TPSA) is 15.6 Å². The van der Waals surface area contributed by atoms with E-state index in [9.17, 15) is 0 Å². The van der Waals surface area contributed by atoms with Gasteiger partial charge in [-0.2, -0.15) is 5.10 Å². The standard InChI is InChI=1S/C31H24N2/c1-3-12-24(13-4-1)28-17-9-10-18-29(28)31-22-30(32-33(31)27-15-5-2-6-16-27)26-20-19-23-11-7-8-14-25(23)21-26/h1-21,31H,22H2. The highest BCUT2D eigenvalue weighted by atomic mass is 15.5. The molecule has 6 rings (SSSR count). The molecule has 5 aromatic carbocycles. The molecule has 2 nitrogen and oxygen atoms in total. The van der Waals surface area contributed by atoms with Gasteiger partial charge < -0.3 is 0 Å². The fourth-order valence-corrected chi connectivity index (χ4v) is 4.78. The molecule has 0 amide bonds. The molecule has 0 spiro atoms. The quantitative estimate of drug-likeness (QED) is 0.287. The zero-order valence-electron chi connectivity index (χ0n) is 18.3. The van der Waals surface area contributed by atoms with E-state index in [0.717, 1.165) is 17.8 Å². The third-order valence-electron chi connectivity index (χ3n) is 6.42. The van der Waals surface area contributed by atoms with Crippen molar-refractivity contribution >= 4 is 22.2 Å². The van der Waals surface area contributed by atoms with Crippen LogP contribution in [0.15, 0.2) is 132 Å². The molecule has 1 aliphatic heterocycles. The predicted molar refractivity (Wildman–Crippen MR) is 139 cm³/mol. The largest absolute Gasteiger partial charge is 0.257 e. The van der Waals surface area contributed by atoms with E-state index in [1.54, 1.807) is 0 Å². The molecular weight excluding hydrogens is 400 g/mol. The summed E-state index contributed by atoms with van der Waals surface area (Å²) in [4.78, 5) is 0. The van der Waals surface area contributed by atoms with Gasteiger partial charge in [-0.05, 0) is 51.2 Å². The summed E-state index contributed by atoms with van der Waals surface area (Å²) >= 11 is 0. The molecule has 0 aliphatic carbocycles. The third kappa shape index (κ3) is 3.70. The van der Waals surface area contributed by atoms with Gasteiger partial charge >= 0.3 is 0 Å². The first-order valence-corrected chi connectivity index (χ1v) is 11.4. The molecule has 1 heterocycles. The second kappa shape index (κ2) is 8.40. The maximum Gasteiger partial charge on any atom is 0.0837 e. The summed E-state index contributed by atoms with van der Waals surface area (Å²) in [6.07, 6.45) is 0.858. The molecule has 2 heteroatoms. The first kappa shape index (κ1) is 19.5. The van der Waals surface area contributed by atoms with E-state index in [1.807, 2.05) is 0 Å². The monoisotopic (exact) mass is 424 g/mol. The molecule has 0 N–H and O–H groups in total. The van der Waals surface area contributed by atoms with Gasteiger partial charge in [-0.25, -0.2) is 0 Å². The molecule has 5 aromatic rings. The molecule has 0 fully saturated rings. The molecule has 1 aliphatic rings. The summed E-state index contributed by atoms with van der Waals surface area (Å²) < 4.78 is 0. The number of para-hydroxylation sites is 1. The van der Waals surface area contributed by atoms with Crippen molar-refractivity contribution in [2.24, 2.45) is 5.10 Å². The van der Waals surface area contributed by atoms with Crippen LogP contribution >= 0.6 is 0 Å². The van der Waals surface area contributed by atoms with Crippen LogP contribution in [0.2, 0.25) is 0 Å². The molecule has 0 bridgehead atoms. The first-order valence-electron chi connectivity index (χ1n) is 11.4. The van der Waals surface area contributed by atoms with Crippen LogP contribution < -0.4 is 5.01 Å². The number of hydrazone groups is 1. The zero-order valence-corrected chi connectivity index (χ0v) is 18.3.